The van der Waals surface area contributed by atoms with Gasteiger partial charge in [-0.1, -0.05) is 67.4 Å². The summed E-state index contributed by atoms with van der Waals surface area (Å²) >= 11 is 0. The van der Waals surface area contributed by atoms with Gasteiger partial charge in [0, 0.05) is 18.5 Å². The van der Waals surface area contributed by atoms with Crippen LogP contribution in [-0.2, 0) is 5.41 Å². The maximum Gasteiger partial charge on any atom is 0.0770 e. The second kappa shape index (κ2) is 7.34. The van der Waals surface area contributed by atoms with Gasteiger partial charge in [-0.3, -0.25) is 4.99 Å². The number of hydrogen-bond donors (Lipinski definition) is 0. The average molecular weight is 359 g/mol. The maximum absolute atomic E-state index is 4.50. The summed E-state index contributed by atoms with van der Waals surface area (Å²) < 4.78 is 0. The Balaban J connectivity index is 1.64. The first-order valence-electron chi connectivity index (χ1n) is 10.3. The smallest absolute Gasteiger partial charge is 0.0770 e. The average Bonchev–Trinajstić information content (AvgIpc) is 2.67. The molecular formula is C25H30N2. The van der Waals surface area contributed by atoms with E-state index >= 15 is 0 Å². The van der Waals surface area contributed by atoms with E-state index in [9.17, 15) is 0 Å². The van der Waals surface area contributed by atoms with Crippen LogP contribution in [0.1, 0.15) is 54.9 Å². The lowest BCUT2D eigenvalue weighted by molar-refractivity contribution is 0.225. The van der Waals surface area contributed by atoms with Gasteiger partial charge in [-0.2, -0.15) is 0 Å². The number of rotatable bonds is 5. The molecule has 0 atom stereocenters. The van der Waals surface area contributed by atoms with Crippen LogP contribution in [0.15, 0.2) is 65.4 Å². The van der Waals surface area contributed by atoms with Crippen LogP contribution in [0, 0.1) is 13.8 Å². The molecule has 0 aromatic heterocycles. The molecule has 27 heavy (non-hydrogen) atoms. The van der Waals surface area contributed by atoms with E-state index in [0.29, 0.717) is 0 Å². The number of benzene rings is 2. The molecule has 2 nitrogen and oxygen atoms in total. The molecule has 0 N–H and O–H groups in total. The van der Waals surface area contributed by atoms with Crippen molar-refractivity contribution < 1.29 is 0 Å². The molecule has 2 heteroatoms. The molecule has 0 spiro atoms. The summed E-state index contributed by atoms with van der Waals surface area (Å²) in [7, 11) is 0. The quantitative estimate of drug-likeness (QED) is 0.661. The zero-order chi connectivity index (χ0) is 18.9. The van der Waals surface area contributed by atoms with E-state index < -0.39 is 0 Å². The first kappa shape index (κ1) is 18.0. The van der Waals surface area contributed by atoms with Crippen molar-refractivity contribution in [3.8, 4) is 0 Å². The maximum atomic E-state index is 4.50. The van der Waals surface area contributed by atoms with E-state index in [2.05, 4.69) is 85.4 Å². The lowest BCUT2D eigenvalue weighted by atomic mass is 9.66. The van der Waals surface area contributed by atoms with Gasteiger partial charge in [-0.15, -0.1) is 0 Å². The highest BCUT2D eigenvalue weighted by Crippen LogP contribution is 2.44. The molecule has 2 aliphatic rings. The summed E-state index contributed by atoms with van der Waals surface area (Å²) in [5.74, 6) is 0. The molecule has 1 fully saturated rings. The molecule has 140 valence electrons. The predicted molar refractivity (Wildman–Crippen MR) is 114 cm³/mol. The molecule has 1 saturated heterocycles. The molecule has 0 unspecified atom stereocenters. The minimum atomic E-state index is 0.113. The number of piperidine rings is 1. The van der Waals surface area contributed by atoms with Crippen LogP contribution in [0.2, 0.25) is 0 Å². The standard InChI is InChI=1S/C25H30N2/c1-4-7-23-24(18-26-23)27-16-14-25(15-17-27,21-12-10-19(2)11-13-21)22-9-6-5-8-20(22)3/h5-6,8-13,18H,4,7,14-17H2,1-3H3. The number of aryl methyl sites for hydroxylation is 2. The van der Waals surface area contributed by atoms with E-state index in [1.807, 2.05) is 0 Å². The lowest BCUT2D eigenvalue weighted by Gasteiger charge is -2.45. The zero-order valence-electron chi connectivity index (χ0n) is 16.8. The first-order chi connectivity index (χ1) is 13.1. The Morgan fingerprint density at radius 3 is 2.26 bits per heavy atom. The number of nitrogens with zero attached hydrogens (tertiary/aromatic N) is 2. The van der Waals surface area contributed by atoms with Crippen molar-refractivity contribution in [2.45, 2.75) is 51.9 Å². The van der Waals surface area contributed by atoms with Gasteiger partial charge in [-0.05, 0) is 49.8 Å². The van der Waals surface area contributed by atoms with Gasteiger partial charge in [0.1, 0.15) is 0 Å². The Morgan fingerprint density at radius 1 is 0.963 bits per heavy atom. The van der Waals surface area contributed by atoms with Crippen molar-refractivity contribution in [2.75, 3.05) is 13.1 Å². The van der Waals surface area contributed by atoms with Crippen LogP contribution in [0.25, 0.3) is 0 Å². The SMILES string of the molecule is CCCC1=NC=C1N1CCC(c2ccc(C)cc2)(c2ccccc2C)CC1. The van der Waals surface area contributed by atoms with Crippen LogP contribution < -0.4 is 0 Å². The van der Waals surface area contributed by atoms with Crippen molar-refractivity contribution >= 4 is 5.71 Å². The van der Waals surface area contributed by atoms with E-state index in [4.69, 9.17) is 0 Å². The molecule has 0 radical (unpaired) electrons. The van der Waals surface area contributed by atoms with Gasteiger partial charge < -0.3 is 4.90 Å². The van der Waals surface area contributed by atoms with Gasteiger partial charge >= 0.3 is 0 Å². The minimum absolute atomic E-state index is 0.113. The molecule has 4 rings (SSSR count). The normalized spacial score (nSPS) is 18.6. The Hall–Kier alpha value is -2.35. The number of hydrogen-bond acceptors (Lipinski definition) is 2. The summed E-state index contributed by atoms with van der Waals surface area (Å²) in [5, 5.41) is 0. The molecule has 2 aromatic rings. The number of likely N-dealkylation sites (tertiary alicyclic amines) is 1. The van der Waals surface area contributed by atoms with Gasteiger partial charge in [0.25, 0.3) is 0 Å². The van der Waals surface area contributed by atoms with Crippen molar-refractivity contribution in [1.29, 1.82) is 0 Å². The van der Waals surface area contributed by atoms with Crippen LogP contribution in [0.4, 0.5) is 0 Å². The largest absolute Gasteiger partial charge is 0.369 e. The summed E-state index contributed by atoms with van der Waals surface area (Å²) in [6.45, 7) is 8.85. The molecule has 0 aliphatic carbocycles. The second-order valence-electron chi connectivity index (χ2n) is 8.09. The molecule has 0 bridgehead atoms. The topological polar surface area (TPSA) is 15.6 Å². The summed E-state index contributed by atoms with van der Waals surface area (Å²) in [6, 6.07) is 18.2. The van der Waals surface area contributed by atoms with Crippen molar-refractivity contribution in [2.24, 2.45) is 4.99 Å². The highest BCUT2D eigenvalue weighted by atomic mass is 15.2. The van der Waals surface area contributed by atoms with E-state index in [0.717, 1.165) is 32.4 Å². The fraction of sp³-hybridized carbons (Fsp3) is 0.400. The fourth-order valence-electron chi connectivity index (χ4n) is 4.73. The van der Waals surface area contributed by atoms with Gasteiger partial charge in [0.2, 0.25) is 0 Å². The van der Waals surface area contributed by atoms with Crippen LogP contribution >= 0.6 is 0 Å². The molecule has 2 aliphatic heterocycles. The Morgan fingerprint density at radius 2 is 1.67 bits per heavy atom. The van der Waals surface area contributed by atoms with Gasteiger partial charge in [0.15, 0.2) is 0 Å². The van der Waals surface area contributed by atoms with Crippen LogP contribution in [0.5, 0.6) is 0 Å². The third-order valence-electron chi connectivity index (χ3n) is 6.35. The Bertz CT molecular complexity index is 865. The highest BCUT2D eigenvalue weighted by molar-refractivity contribution is 6.04. The second-order valence-corrected chi connectivity index (χ2v) is 8.09. The molecule has 2 aromatic carbocycles. The fourth-order valence-corrected chi connectivity index (χ4v) is 4.73. The Labute approximate surface area is 163 Å². The van der Waals surface area contributed by atoms with E-state index in [1.54, 1.807) is 0 Å². The summed E-state index contributed by atoms with van der Waals surface area (Å²) in [6.07, 6.45) is 6.64. The van der Waals surface area contributed by atoms with Crippen molar-refractivity contribution in [3.63, 3.8) is 0 Å². The summed E-state index contributed by atoms with van der Waals surface area (Å²) in [5.41, 5.74) is 8.50. The van der Waals surface area contributed by atoms with Gasteiger partial charge in [-0.25, -0.2) is 0 Å². The first-order valence-corrected chi connectivity index (χ1v) is 10.3. The van der Waals surface area contributed by atoms with Crippen LogP contribution in [0.3, 0.4) is 0 Å². The summed E-state index contributed by atoms with van der Waals surface area (Å²) in [4.78, 5) is 7.06. The van der Waals surface area contributed by atoms with Crippen molar-refractivity contribution in [1.82, 2.24) is 4.90 Å². The third-order valence-corrected chi connectivity index (χ3v) is 6.35. The zero-order valence-corrected chi connectivity index (χ0v) is 16.8. The Kier molecular flexibility index (Phi) is 4.90. The highest BCUT2D eigenvalue weighted by Gasteiger charge is 2.39. The van der Waals surface area contributed by atoms with E-state index in [1.165, 1.54) is 40.1 Å². The van der Waals surface area contributed by atoms with Crippen LogP contribution in [-0.4, -0.2) is 23.7 Å². The molecule has 0 saturated carbocycles. The number of allylic oxidation sites excluding steroid dienone is 1. The predicted octanol–water partition coefficient (Wildman–Crippen LogP) is 5.78. The molecular weight excluding hydrogens is 328 g/mol. The monoisotopic (exact) mass is 358 g/mol. The van der Waals surface area contributed by atoms with Crippen molar-refractivity contribution in [3.05, 3.63) is 82.7 Å². The third kappa shape index (κ3) is 3.22. The molecule has 0 amide bonds. The number of aliphatic imine (C=N–C) groups is 1. The minimum Gasteiger partial charge on any atom is -0.369 e. The lowest BCUT2D eigenvalue weighted by Crippen LogP contribution is -2.45. The van der Waals surface area contributed by atoms with E-state index in [-0.39, 0.29) is 5.41 Å². The molecule has 2 heterocycles. The van der Waals surface area contributed by atoms with Gasteiger partial charge in [0.05, 0.1) is 17.6 Å².